The van der Waals surface area contributed by atoms with Gasteiger partial charge >= 0.3 is 0 Å². The molecule has 0 unspecified atom stereocenters. The topological polar surface area (TPSA) is 93.2 Å². The second kappa shape index (κ2) is 7.78. The maximum atomic E-state index is 12.9. The first-order valence-corrected chi connectivity index (χ1v) is 11.4. The molecule has 1 heterocycles. The SMILES string of the molecule is CCS(=O)(=O)N1CCN(S(=O)(=O)c2cc(OC)c(OC)cc2Br)CC1. The zero-order valence-electron chi connectivity index (χ0n) is 14.2. The zero-order chi connectivity index (χ0) is 18.8. The van der Waals surface area contributed by atoms with E-state index in [0.717, 1.165) is 0 Å². The Morgan fingerprint density at radius 1 is 0.960 bits per heavy atom. The molecule has 2 rings (SSSR count). The van der Waals surface area contributed by atoms with Crippen LogP contribution >= 0.6 is 15.9 Å². The second-order valence-corrected chi connectivity index (χ2v) is 10.4. The van der Waals surface area contributed by atoms with Crippen LogP contribution in [0.5, 0.6) is 11.5 Å². The molecule has 0 atom stereocenters. The van der Waals surface area contributed by atoms with E-state index in [4.69, 9.17) is 9.47 Å². The number of methoxy groups -OCH3 is 2. The van der Waals surface area contributed by atoms with Crippen molar-refractivity contribution in [1.82, 2.24) is 8.61 Å². The van der Waals surface area contributed by atoms with Crippen molar-refractivity contribution in [2.24, 2.45) is 0 Å². The molecule has 1 fully saturated rings. The van der Waals surface area contributed by atoms with Crippen LogP contribution in [0.1, 0.15) is 6.92 Å². The summed E-state index contributed by atoms with van der Waals surface area (Å²) in [6.07, 6.45) is 0. The van der Waals surface area contributed by atoms with Gasteiger partial charge in [-0.25, -0.2) is 16.8 Å². The number of sulfonamides is 2. The Balaban J connectivity index is 2.29. The van der Waals surface area contributed by atoms with Gasteiger partial charge in [0.2, 0.25) is 20.0 Å². The van der Waals surface area contributed by atoms with Crippen molar-refractivity contribution in [3.05, 3.63) is 16.6 Å². The number of hydrogen-bond acceptors (Lipinski definition) is 6. The van der Waals surface area contributed by atoms with Gasteiger partial charge in [0.15, 0.2) is 11.5 Å². The maximum Gasteiger partial charge on any atom is 0.244 e. The molecule has 25 heavy (non-hydrogen) atoms. The second-order valence-electron chi connectivity index (χ2n) is 5.34. The van der Waals surface area contributed by atoms with E-state index in [2.05, 4.69) is 15.9 Å². The summed E-state index contributed by atoms with van der Waals surface area (Å²) in [5.74, 6) is 0.713. The molecule has 142 valence electrons. The van der Waals surface area contributed by atoms with Gasteiger partial charge in [0.25, 0.3) is 0 Å². The molecule has 0 aliphatic carbocycles. The molecular weight excluding hydrogens is 436 g/mol. The lowest BCUT2D eigenvalue weighted by molar-refractivity contribution is 0.273. The Bertz CT molecular complexity index is 833. The predicted octanol–water partition coefficient (Wildman–Crippen LogP) is 1.12. The van der Waals surface area contributed by atoms with Crippen molar-refractivity contribution in [2.45, 2.75) is 11.8 Å². The van der Waals surface area contributed by atoms with Crippen LogP contribution in [0.15, 0.2) is 21.5 Å². The summed E-state index contributed by atoms with van der Waals surface area (Å²) in [5, 5.41) is 0. The van der Waals surface area contributed by atoms with Crippen LogP contribution in [0.25, 0.3) is 0 Å². The molecule has 0 aromatic heterocycles. The predicted molar refractivity (Wildman–Crippen MR) is 97.0 cm³/mol. The molecule has 1 aromatic rings. The van der Waals surface area contributed by atoms with E-state index in [-0.39, 0.29) is 36.8 Å². The summed E-state index contributed by atoms with van der Waals surface area (Å²) in [6.45, 7) is 2.05. The number of hydrogen-bond donors (Lipinski definition) is 0. The number of ether oxygens (including phenoxy) is 2. The minimum Gasteiger partial charge on any atom is -0.493 e. The fourth-order valence-corrected chi connectivity index (χ4v) is 6.05. The van der Waals surface area contributed by atoms with Gasteiger partial charge in [-0.1, -0.05) is 0 Å². The summed E-state index contributed by atoms with van der Waals surface area (Å²) in [7, 11) is -4.22. The number of halogens is 1. The standard InChI is InChI=1S/C14H21BrN2O6S2/c1-4-24(18,19)16-5-7-17(8-6-16)25(20,21)14-10-13(23-3)12(22-2)9-11(14)15/h9-10H,4-8H2,1-3H3. The van der Waals surface area contributed by atoms with Crippen molar-refractivity contribution in [3.8, 4) is 11.5 Å². The first-order chi connectivity index (χ1) is 11.7. The minimum atomic E-state index is -3.80. The lowest BCUT2D eigenvalue weighted by Gasteiger charge is -2.33. The molecule has 0 radical (unpaired) electrons. The highest BCUT2D eigenvalue weighted by Crippen LogP contribution is 2.36. The van der Waals surface area contributed by atoms with E-state index in [1.807, 2.05) is 0 Å². The van der Waals surface area contributed by atoms with Gasteiger partial charge in [0.1, 0.15) is 4.90 Å². The highest BCUT2D eigenvalue weighted by Gasteiger charge is 2.33. The van der Waals surface area contributed by atoms with Crippen molar-refractivity contribution in [1.29, 1.82) is 0 Å². The third kappa shape index (κ3) is 4.11. The summed E-state index contributed by atoms with van der Waals surface area (Å²) in [6, 6.07) is 2.93. The lowest BCUT2D eigenvalue weighted by atomic mass is 10.3. The van der Waals surface area contributed by atoms with E-state index in [0.29, 0.717) is 16.0 Å². The van der Waals surface area contributed by atoms with Gasteiger partial charge in [-0.3, -0.25) is 0 Å². The molecule has 1 saturated heterocycles. The minimum absolute atomic E-state index is 0.000969. The van der Waals surface area contributed by atoms with Gasteiger partial charge in [0.05, 0.1) is 20.0 Å². The Morgan fingerprint density at radius 2 is 1.44 bits per heavy atom. The maximum absolute atomic E-state index is 12.9. The van der Waals surface area contributed by atoms with Crippen LogP contribution < -0.4 is 9.47 Å². The largest absolute Gasteiger partial charge is 0.493 e. The van der Waals surface area contributed by atoms with Crippen molar-refractivity contribution in [2.75, 3.05) is 46.2 Å². The normalized spacial score (nSPS) is 17.4. The molecule has 1 aromatic carbocycles. The quantitative estimate of drug-likeness (QED) is 0.636. The average Bonchev–Trinajstić information content (AvgIpc) is 2.61. The Kier molecular flexibility index (Phi) is 6.36. The zero-order valence-corrected chi connectivity index (χ0v) is 17.4. The molecule has 1 aliphatic heterocycles. The van der Waals surface area contributed by atoms with Crippen LogP contribution in [-0.2, 0) is 20.0 Å². The molecule has 11 heteroatoms. The number of benzene rings is 1. The van der Waals surface area contributed by atoms with E-state index in [9.17, 15) is 16.8 Å². The summed E-state index contributed by atoms with van der Waals surface area (Å²) >= 11 is 3.26. The van der Waals surface area contributed by atoms with Crippen LogP contribution in [0.2, 0.25) is 0 Å². The monoisotopic (exact) mass is 456 g/mol. The molecule has 1 aliphatic rings. The Morgan fingerprint density at radius 3 is 1.92 bits per heavy atom. The van der Waals surface area contributed by atoms with Crippen molar-refractivity contribution in [3.63, 3.8) is 0 Å². The Labute approximate surface area is 156 Å². The molecule has 0 N–H and O–H groups in total. The Hall–Kier alpha value is -0.880. The first-order valence-electron chi connectivity index (χ1n) is 7.57. The van der Waals surface area contributed by atoms with Gasteiger partial charge in [-0.15, -0.1) is 0 Å². The van der Waals surface area contributed by atoms with Crippen LogP contribution in [0.3, 0.4) is 0 Å². The molecule has 0 spiro atoms. The smallest absolute Gasteiger partial charge is 0.244 e. The fourth-order valence-electron chi connectivity index (χ4n) is 2.54. The molecule has 0 amide bonds. The summed E-state index contributed by atoms with van der Waals surface area (Å²) in [4.78, 5) is 0.0527. The van der Waals surface area contributed by atoms with E-state index < -0.39 is 20.0 Å². The van der Waals surface area contributed by atoms with Crippen molar-refractivity contribution < 1.29 is 26.3 Å². The van der Waals surface area contributed by atoms with E-state index in [1.54, 1.807) is 6.92 Å². The first kappa shape index (κ1) is 20.4. The van der Waals surface area contributed by atoms with Crippen LogP contribution in [0.4, 0.5) is 0 Å². The van der Waals surface area contributed by atoms with Gasteiger partial charge in [0, 0.05) is 36.7 Å². The van der Waals surface area contributed by atoms with Gasteiger partial charge in [-0.05, 0) is 28.9 Å². The molecule has 0 bridgehead atoms. The number of rotatable bonds is 6. The third-order valence-corrected chi connectivity index (χ3v) is 8.75. The molecular formula is C14H21BrN2O6S2. The number of piperazine rings is 1. The lowest BCUT2D eigenvalue weighted by Crippen LogP contribution is -2.50. The average molecular weight is 457 g/mol. The molecule has 8 nitrogen and oxygen atoms in total. The van der Waals surface area contributed by atoms with Crippen LogP contribution in [-0.4, -0.2) is 71.6 Å². The van der Waals surface area contributed by atoms with Gasteiger partial charge < -0.3 is 9.47 Å². The summed E-state index contributed by atoms with van der Waals surface area (Å²) in [5.41, 5.74) is 0. The third-order valence-electron chi connectivity index (χ3n) is 4.01. The highest BCUT2D eigenvalue weighted by molar-refractivity contribution is 9.10. The van der Waals surface area contributed by atoms with Gasteiger partial charge in [-0.2, -0.15) is 8.61 Å². The number of nitrogens with zero attached hydrogens (tertiary/aromatic N) is 2. The molecule has 0 saturated carbocycles. The van der Waals surface area contributed by atoms with E-state index in [1.165, 1.54) is 35.0 Å². The van der Waals surface area contributed by atoms with Crippen molar-refractivity contribution >= 4 is 36.0 Å². The van der Waals surface area contributed by atoms with Crippen LogP contribution in [0, 0.1) is 0 Å². The van der Waals surface area contributed by atoms with E-state index >= 15 is 0 Å². The highest BCUT2D eigenvalue weighted by atomic mass is 79.9. The summed E-state index contributed by atoms with van der Waals surface area (Å²) < 4.78 is 63.0. The fraction of sp³-hybridized carbons (Fsp3) is 0.571.